The number of alkyl carbamates (subject to hydrolysis) is 1. The molecule has 0 saturated heterocycles. The van der Waals surface area contributed by atoms with E-state index in [0.29, 0.717) is 51.9 Å². The Bertz CT molecular complexity index is 4120. The molecule has 0 aromatic heterocycles. The predicted molar refractivity (Wildman–Crippen MR) is 345 cm³/mol. The van der Waals surface area contributed by atoms with Crippen LogP contribution in [0.5, 0.6) is 28.7 Å². The van der Waals surface area contributed by atoms with E-state index in [4.69, 9.17) is 26.4 Å². The first-order valence-electron chi connectivity index (χ1n) is 29.7. The Labute approximate surface area is 538 Å². The lowest BCUT2D eigenvalue weighted by Gasteiger charge is -2.36. The summed E-state index contributed by atoms with van der Waals surface area (Å²) in [5.41, 5.74) is 6.25. The fourth-order valence-electron chi connectivity index (χ4n) is 11.9. The molecule has 4 amide bonds. The molecule has 8 aromatic rings. The van der Waals surface area contributed by atoms with Crippen LogP contribution in [0.1, 0.15) is 80.0 Å². The number of carboxylic acids is 1. The molecule has 22 nitrogen and oxygen atoms in total. The number of aliphatic carboxylic acids is 1. The van der Waals surface area contributed by atoms with Crippen LogP contribution in [-0.4, -0.2) is 103 Å². The molecule has 0 unspecified atom stereocenters. The second kappa shape index (κ2) is 27.9. The molecule has 3 aliphatic rings. The maximum absolute atomic E-state index is 14.8. The van der Waals surface area contributed by atoms with Crippen LogP contribution in [0.25, 0.3) is 11.1 Å². The van der Waals surface area contributed by atoms with E-state index >= 15 is 0 Å². The molecule has 93 heavy (non-hydrogen) atoms. The highest BCUT2D eigenvalue weighted by Gasteiger charge is 2.54. The number of carbonyl (C=O) groups is 6. The third-order valence-corrected chi connectivity index (χ3v) is 16.9. The third-order valence-electron chi connectivity index (χ3n) is 16.2. The molecule has 0 radical (unpaired) electrons. The fourth-order valence-corrected chi connectivity index (χ4v) is 12.5. The van der Waals surface area contributed by atoms with Crippen LogP contribution >= 0.6 is 20.0 Å². The van der Waals surface area contributed by atoms with Crippen LogP contribution < -0.4 is 41.2 Å². The lowest BCUT2D eigenvalue weighted by atomic mass is 9.77. The summed E-state index contributed by atoms with van der Waals surface area (Å²) in [7, 11) is -4.88. The van der Waals surface area contributed by atoms with E-state index in [1.807, 2.05) is 48.5 Å². The van der Waals surface area contributed by atoms with Gasteiger partial charge in [-0.3, -0.25) is 24.2 Å². The van der Waals surface area contributed by atoms with E-state index in [0.717, 1.165) is 22.3 Å². The number of carboxylic acid groups (broad SMARTS) is 1. The number of phenolic OH excluding ortho intramolecular Hbond substituents is 2. The molecule has 1 aliphatic carbocycles. The first-order valence-corrected chi connectivity index (χ1v) is 31.7. The van der Waals surface area contributed by atoms with E-state index in [9.17, 15) is 58.4 Å². The maximum atomic E-state index is 14.8. The van der Waals surface area contributed by atoms with Crippen molar-refractivity contribution in [3.05, 3.63) is 238 Å². The van der Waals surface area contributed by atoms with Crippen molar-refractivity contribution in [2.45, 2.75) is 74.2 Å². The van der Waals surface area contributed by atoms with E-state index in [-0.39, 0.29) is 84.2 Å². The Kier molecular flexibility index (Phi) is 19.2. The quantitative estimate of drug-likeness (QED) is 0.0116. The number of hydrogen-bond donors (Lipinski definition) is 11. The number of phosphoric ester groups is 1. The average Bonchev–Trinajstić information content (AvgIpc) is 1.70. The maximum Gasteiger partial charge on any atom is 0.524 e. The summed E-state index contributed by atoms with van der Waals surface area (Å²) in [6.45, 7) is 0.220. The van der Waals surface area contributed by atoms with Crippen LogP contribution in [-0.2, 0) is 58.1 Å². The molecule has 24 heteroatoms. The number of aromatic hydroxyl groups is 2. The molecule has 4 atom stereocenters. The number of nitrogens with one attached hydrogen (secondary N) is 6. The van der Waals surface area contributed by atoms with Gasteiger partial charge in [-0.25, -0.2) is 18.9 Å². The molecule has 2 heterocycles. The molecule has 11 N–H and O–H groups in total. The molecule has 2 aliphatic heterocycles. The highest BCUT2D eigenvalue weighted by molar-refractivity contribution is 7.80. The first-order chi connectivity index (χ1) is 44.8. The number of fused-ring (bicyclic) bond motifs is 9. The van der Waals surface area contributed by atoms with Crippen LogP contribution in [0.3, 0.4) is 0 Å². The van der Waals surface area contributed by atoms with Gasteiger partial charge in [0.05, 0.1) is 5.56 Å². The molecule has 0 fully saturated rings. The number of thiocarbonyl (C=S) groups is 1. The van der Waals surface area contributed by atoms with E-state index < -0.39 is 73.3 Å². The van der Waals surface area contributed by atoms with E-state index in [1.165, 1.54) is 48.5 Å². The van der Waals surface area contributed by atoms with Crippen molar-refractivity contribution in [3.8, 4) is 39.9 Å². The van der Waals surface area contributed by atoms with Crippen LogP contribution in [0.15, 0.2) is 188 Å². The summed E-state index contributed by atoms with van der Waals surface area (Å²) < 4.78 is 34.2. The van der Waals surface area contributed by atoms with Crippen molar-refractivity contribution in [3.63, 3.8) is 0 Å². The van der Waals surface area contributed by atoms with Gasteiger partial charge >= 0.3 is 25.9 Å². The second-order valence-corrected chi connectivity index (χ2v) is 24.1. The van der Waals surface area contributed by atoms with Gasteiger partial charge in [0.1, 0.15) is 59.5 Å². The first kappa shape index (κ1) is 64.0. The predicted octanol–water partition coefficient (Wildman–Crippen LogP) is 8.77. The zero-order chi connectivity index (χ0) is 65.4. The Morgan fingerprint density at radius 2 is 1.08 bits per heavy atom. The van der Waals surface area contributed by atoms with Gasteiger partial charge in [0.25, 0.3) is 0 Å². The zero-order valence-electron chi connectivity index (χ0n) is 49.5. The zero-order valence-corrected chi connectivity index (χ0v) is 51.2. The third kappa shape index (κ3) is 14.9. The minimum absolute atomic E-state index is 0.0395. The van der Waals surface area contributed by atoms with Crippen LogP contribution in [0.4, 0.5) is 10.5 Å². The number of benzene rings is 8. The number of carbonyl (C=O) groups excluding carboxylic acids is 5. The number of amides is 4. The van der Waals surface area contributed by atoms with Gasteiger partial charge in [-0.05, 0) is 119 Å². The molecule has 0 saturated carbocycles. The number of rotatable bonds is 24. The van der Waals surface area contributed by atoms with Crippen molar-refractivity contribution in [2.24, 2.45) is 0 Å². The lowest BCUT2D eigenvalue weighted by molar-refractivity contribution is -0.142. The standard InChI is InChI=1S/C69H63N6O16PS/c76-44-25-30-54-60(37-44)89-61-38-45(77)26-31-55(61)69(54)53-29-24-43(36-51(53)66(83)90-69)71-67(93)70-32-12-11-21-56(75-68(84)88-39-52-49-19-9-7-17-47(49)48-18-8-10-20-50(48)52)62(78)72-57(33-40-13-3-1-4-14-40)63(79)73-58(34-41-15-5-2-6-16-41)64(80)74-59(65(81)82)35-42-22-27-46(28-23-42)91-92(85,86)87/h1-10,13-20,22-31,36-38,52,56-59,76-77H,11-12,21,32-35,39H2,(H,72,78)(H,73,79)(H,74,80)(H,75,84)(H,81,82)(H2,70,71,93)(H2,85,86,87)/t56-,57-,58-,59-/m0/s1. The highest BCUT2D eigenvalue weighted by atomic mass is 32.1. The van der Waals surface area contributed by atoms with Gasteiger partial charge in [0, 0.05) is 66.2 Å². The number of esters is 1. The highest BCUT2D eigenvalue weighted by Crippen LogP contribution is 2.57. The lowest BCUT2D eigenvalue weighted by Crippen LogP contribution is -2.59. The van der Waals surface area contributed by atoms with Gasteiger partial charge in [-0.1, -0.05) is 127 Å². The van der Waals surface area contributed by atoms with Crippen LogP contribution in [0.2, 0.25) is 0 Å². The summed E-state index contributed by atoms with van der Waals surface area (Å²) in [4.78, 5) is 103. The molecular formula is C69H63N6O16PS. The van der Waals surface area contributed by atoms with Gasteiger partial charge in [-0.15, -0.1) is 0 Å². The largest absolute Gasteiger partial charge is 0.524 e. The van der Waals surface area contributed by atoms with Gasteiger partial charge < -0.3 is 66.0 Å². The summed E-state index contributed by atoms with van der Waals surface area (Å²) in [6.07, 6.45) is -0.584. The van der Waals surface area contributed by atoms with E-state index in [1.54, 1.807) is 91.0 Å². The topological polar surface area (TPSA) is 330 Å². The Morgan fingerprint density at radius 3 is 1.63 bits per heavy atom. The van der Waals surface area contributed by atoms with Gasteiger partial charge in [-0.2, -0.15) is 0 Å². The number of anilines is 1. The van der Waals surface area contributed by atoms with Gasteiger partial charge in [0.15, 0.2) is 10.7 Å². The minimum atomic E-state index is -4.88. The normalized spacial score (nSPS) is 14.3. The number of phenols is 2. The SMILES string of the molecule is O=C(N[C@@H](CCCCNC(=S)Nc1ccc2c(c1)C(=O)OC21c2ccc(O)cc2Oc2cc(O)ccc21)C(=O)N[C@@H](Cc1ccccc1)C(=O)N[C@@H](Cc1ccccc1)C(=O)N[C@@H](Cc1ccc(OP(=O)(O)O)cc1)C(=O)O)OCC1c2ccccc2-c2ccccc21. The minimum Gasteiger partial charge on any atom is -0.508 e. The monoisotopic (exact) mass is 1290 g/mol. The number of hydrogen-bond acceptors (Lipinski definition) is 14. The Balaban J connectivity index is 0.785. The summed E-state index contributed by atoms with van der Waals surface area (Å²) >= 11 is 5.69. The Hall–Kier alpha value is -10.6. The van der Waals surface area contributed by atoms with Crippen molar-refractivity contribution in [1.29, 1.82) is 0 Å². The van der Waals surface area contributed by atoms with Crippen molar-refractivity contribution in [1.82, 2.24) is 26.6 Å². The summed E-state index contributed by atoms with van der Waals surface area (Å²) in [5, 5.41) is 48.4. The van der Waals surface area contributed by atoms with Gasteiger partial charge in [0.2, 0.25) is 17.7 Å². The molecule has 11 rings (SSSR count). The molecule has 0 bridgehead atoms. The fraction of sp³-hybridized carbons (Fsp3) is 0.203. The number of phosphoric acid groups is 1. The van der Waals surface area contributed by atoms with E-state index in [2.05, 4.69) is 36.4 Å². The molecule has 476 valence electrons. The van der Waals surface area contributed by atoms with Crippen molar-refractivity contribution >= 4 is 66.6 Å². The molecule has 8 aromatic carbocycles. The summed E-state index contributed by atoms with van der Waals surface area (Å²) in [5.74, 6) is -4.61. The van der Waals surface area contributed by atoms with Crippen LogP contribution in [0, 0.1) is 0 Å². The molecular weight excluding hydrogens is 1230 g/mol. The average molecular weight is 1300 g/mol. The Morgan fingerprint density at radius 1 is 0.570 bits per heavy atom. The smallest absolute Gasteiger partial charge is 0.508 e. The van der Waals surface area contributed by atoms with Crippen molar-refractivity contribution < 1.29 is 77.2 Å². The summed E-state index contributed by atoms with van der Waals surface area (Å²) in [6, 6.07) is 46.8. The second-order valence-electron chi connectivity index (χ2n) is 22.5. The number of unbranched alkanes of at least 4 members (excludes halogenated alkanes) is 1. The molecule has 1 spiro atoms. The number of ether oxygens (including phenoxy) is 3. The van der Waals surface area contributed by atoms with Crippen molar-refractivity contribution in [2.75, 3.05) is 18.5 Å².